The van der Waals surface area contributed by atoms with Crippen LogP contribution in [0, 0.1) is 5.92 Å². The van der Waals surface area contributed by atoms with Crippen molar-refractivity contribution in [1.82, 2.24) is 20.5 Å². The monoisotopic (exact) mass is 342 g/mol. The summed E-state index contributed by atoms with van der Waals surface area (Å²) in [6.07, 6.45) is 2.33. The van der Waals surface area contributed by atoms with Gasteiger partial charge < -0.3 is 10.4 Å². The molecular formula is C17H18N4O2S. The van der Waals surface area contributed by atoms with Gasteiger partial charge in [-0.15, -0.1) is 11.3 Å². The van der Waals surface area contributed by atoms with Gasteiger partial charge in [-0.05, 0) is 36.1 Å². The number of pyridine rings is 1. The van der Waals surface area contributed by atoms with Crippen LogP contribution < -0.4 is 5.32 Å². The first-order valence-electron chi connectivity index (χ1n) is 7.64. The Bertz CT molecular complexity index is 771. The van der Waals surface area contributed by atoms with Crippen molar-refractivity contribution in [2.75, 3.05) is 13.2 Å². The maximum absolute atomic E-state index is 12.2. The number of nitrogens with zero attached hydrogens (tertiary/aromatic N) is 2. The Morgan fingerprint density at radius 1 is 1.33 bits per heavy atom. The number of thiophene rings is 1. The molecule has 0 spiro atoms. The van der Waals surface area contributed by atoms with Crippen molar-refractivity contribution in [1.29, 1.82) is 0 Å². The lowest BCUT2D eigenvalue weighted by Crippen LogP contribution is -2.32. The standard InChI is InChI=1S/C17H18N4O2S/c22-11-12(8-13-4-1-2-6-18-13)10-19-17(23)15-9-14(20-21-15)16-5-3-7-24-16/h1-7,9,12,22H,8,10-11H2,(H,19,23)(H,20,21). The van der Waals surface area contributed by atoms with Gasteiger partial charge in [0.2, 0.25) is 0 Å². The number of hydrogen-bond donors (Lipinski definition) is 3. The second-order valence-electron chi connectivity index (χ2n) is 5.43. The Morgan fingerprint density at radius 3 is 2.96 bits per heavy atom. The Hall–Kier alpha value is -2.51. The van der Waals surface area contributed by atoms with E-state index in [1.54, 1.807) is 23.6 Å². The van der Waals surface area contributed by atoms with Gasteiger partial charge in [0.25, 0.3) is 5.91 Å². The quantitative estimate of drug-likeness (QED) is 0.613. The van der Waals surface area contributed by atoms with Crippen molar-refractivity contribution < 1.29 is 9.90 Å². The van der Waals surface area contributed by atoms with E-state index in [-0.39, 0.29) is 18.4 Å². The third-order valence-electron chi connectivity index (χ3n) is 3.63. The Kier molecular flexibility index (Phi) is 5.35. The van der Waals surface area contributed by atoms with Gasteiger partial charge in [-0.3, -0.25) is 14.9 Å². The highest BCUT2D eigenvalue weighted by molar-refractivity contribution is 7.13. The molecule has 6 nitrogen and oxygen atoms in total. The van der Waals surface area contributed by atoms with Gasteiger partial charge in [0.1, 0.15) is 0 Å². The summed E-state index contributed by atoms with van der Waals surface area (Å²) in [7, 11) is 0. The minimum Gasteiger partial charge on any atom is -0.396 e. The van der Waals surface area contributed by atoms with Gasteiger partial charge >= 0.3 is 0 Å². The third-order valence-corrected chi connectivity index (χ3v) is 4.53. The largest absolute Gasteiger partial charge is 0.396 e. The lowest BCUT2D eigenvalue weighted by atomic mass is 10.0. The molecule has 0 bridgehead atoms. The summed E-state index contributed by atoms with van der Waals surface area (Å²) >= 11 is 1.58. The van der Waals surface area contributed by atoms with Crippen LogP contribution in [0.25, 0.3) is 10.6 Å². The van der Waals surface area contributed by atoms with Crippen molar-refractivity contribution in [2.24, 2.45) is 5.92 Å². The van der Waals surface area contributed by atoms with Gasteiger partial charge in [-0.2, -0.15) is 5.10 Å². The zero-order chi connectivity index (χ0) is 16.8. The maximum atomic E-state index is 12.2. The summed E-state index contributed by atoms with van der Waals surface area (Å²) in [5.41, 5.74) is 2.06. The molecule has 3 aromatic rings. The Labute approximate surface area is 143 Å². The topological polar surface area (TPSA) is 90.9 Å². The lowest BCUT2D eigenvalue weighted by Gasteiger charge is -2.14. The number of aliphatic hydroxyl groups is 1. The average molecular weight is 342 g/mol. The second-order valence-corrected chi connectivity index (χ2v) is 6.38. The van der Waals surface area contributed by atoms with Crippen molar-refractivity contribution in [3.8, 4) is 10.6 Å². The summed E-state index contributed by atoms with van der Waals surface area (Å²) in [6, 6.07) is 11.3. The van der Waals surface area contributed by atoms with Crippen LogP contribution in [0.2, 0.25) is 0 Å². The summed E-state index contributed by atoms with van der Waals surface area (Å²) in [5, 5.41) is 21.2. The van der Waals surface area contributed by atoms with Crippen molar-refractivity contribution >= 4 is 17.2 Å². The van der Waals surface area contributed by atoms with E-state index >= 15 is 0 Å². The number of carbonyl (C=O) groups excluding carboxylic acids is 1. The van der Waals surface area contributed by atoms with Crippen LogP contribution in [-0.2, 0) is 6.42 Å². The minimum atomic E-state index is -0.256. The zero-order valence-electron chi connectivity index (χ0n) is 13.0. The predicted octanol–water partition coefficient (Wildman–Crippen LogP) is 2.11. The molecule has 1 amide bonds. The van der Waals surface area contributed by atoms with Gasteiger partial charge in [0.15, 0.2) is 5.69 Å². The van der Waals surface area contributed by atoms with Crippen LogP contribution in [-0.4, -0.2) is 39.3 Å². The molecule has 1 unspecified atom stereocenters. The first-order chi connectivity index (χ1) is 11.8. The number of rotatable bonds is 7. The second kappa shape index (κ2) is 7.85. The first kappa shape index (κ1) is 16.4. The fraction of sp³-hybridized carbons (Fsp3) is 0.235. The molecule has 0 aliphatic heterocycles. The number of aromatic nitrogens is 3. The molecule has 124 valence electrons. The van der Waals surface area contributed by atoms with E-state index in [9.17, 15) is 9.90 Å². The highest BCUT2D eigenvalue weighted by atomic mass is 32.1. The van der Waals surface area contributed by atoms with E-state index in [2.05, 4.69) is 20.5 Å². The van der Waals surface area contributed by atoms with E-state index in [0.29, 0.717) is 18.7 Å². The molecule has 0 aliphatic rings. The summed E-state index contributed by atoms with van der Waals surface area (Å²) in [4.78, 5) is 17.5. The van der Waals surface area contributed by atoms with E-state index in [4.69, 9.17) is 0 Å². The predicted molar refractivity (Wildman–Crippen MR) is 92.8 cm³/mol. The molecule has 0 aliphatic carbocycles. The molecule has 3 rings (SSSR count). The fourth-order valence-electron chi connectivity index (χ4n) is 2.34. The molecule has 0 radical (unpaired) electrons. The number of hydrogen-bond acceptors (Lipinski definition) is 5. The first-order valence-corrected chi connectivity index (χ1v) is 8.52. The fourth-order valence-corrected chi connectivity index (χ4v) is 3.03. The van der Waals surface area contributed by atoms with Gasteiger partial charge in [0.05, 0.1) is 10.6 Å². The summed E-state index contributed by atoms with van der Waals surface area (Å²) in [5.74, 6) is -0.340. The number of nitrogens with one attached hydrogen (secondary N) is 2. The van der Waals surface area contributed by atoms with Gasteiger partial charge in [-0.1, -0.05) is 12.1 Å². The van der Waals surface area contributed by atoms with Crippen LogP contribution in [0.15, 0.2) is 48.0 Å². The van der Waals surface area contributed by atoms with Crippen LogP contribution >= 0.6 is 11.3 Å². The average Bonchev–Trinajstić information content (AvgIpc) is 3.30. The molecule has 7 heteroatoms. The smallest absolute Gasteiger partial charge is 0.271 e. The number of aromatic amines is 1. The van der Waals surface area contributed by atoms with E-state index in [0.717, 1.165) is 16.3 Å². The number of carbonyl (C=O) groups is 1. The highest BCUT2D eigenvalue weighted by Crippen LogP contribution is 2.22. The molecule has 24 heavy (non-hydrogen) atoms. The molecule has 3 heterocycles. The Balaban J connectivity index is 1.56. The zero-order valence-corrected chi connectivity index (χ0v) is 13.8. The van der Waals surface area contributed by atoms with Crippen molar-refractivity contribution in [3.63, 3.8) is 0 Å². The normalized spacial score (nSPS) is 12.0. The highest BCUT2D eigenvalue weighted by Gasteiger charge is 2.15. The van der Waals surface area contributed by atoms with Crippen LogP contribution in [0.1, 0.15) is 16.2 Å². The number of aliphatic hydroxyl groups excluding tert-OH is 1. The van der Waals surface area contributed by atoms with Crippen LogP contribution in [0.4, 0.5) is 0 Å². The van der Waals surface area contributed by atoms with Crippen LogP contribution in [0.5, 0.6) is 0 Å². The Morgan fingerprint density at radius 2 is 2.25 bits per heavy atom. The van der Waals surface area contributed by atoms with Gasteiger partial charge in [-0.25, -0.2) is 0 Å². The summed E-state index contributed by atoms with van der Waals surface area (Å²) < 4.78 is 0. The molecule has 0 fully saturated rings. The molecule has 1 atom stereocenters. The minimum absolute atomic E-state index is 0.0160. The van der Waals surface area contributed by atoms with Crippen molar-refractivity contribution in [3.05, 3.63) is 59.4 Å². The van der Waals surface area contributed by atoms with E-state index < -0.39 is 0 Å². The number of amides is 1. The van der Waals surface area contributed by atoms with Gasteiger partial charge in [0, 0.05) is 31.0 Å². The molecule has 0 saturated carbocycles. The molecular weight excluding hydrogens is 324 g/mol. The SMILES string of the molecule is O=C(NCC(CO)Cc1ccccn1)c1cc(-c2cccs2)[nH]n1. The van der Waals surface area contributed by atoms with E-state index in [1.807, 2.05) is 35.7 Å². The molecule has 0 saturated heterocycles. The maximum Gasteiger partial charge on any atom is 0.271 e. The molecule has 0 aromatic carbocycles. The van der Waals surface area contributed by atoms with Crippen LogP contribution in [0.3, 0.4) is 0 Å². The molecule has 3 aromatic heterocycles. The lowest BCUT2D eigenvalue weighted by molar-refractivity contribution is 0.0935. The molecule has 3 N–H and O–H groups in total. The third kappa shape index (κ3) is 4.06. The summed E-state index contributed by atoms with van der Waals surface area (Å²) in [6.45, 7) is 0.352. The number of H-pyrrole nitrogens is 1. The van der Waals surface area contributed by atoms with Crippen molar-refractivity contribution in [2.45, 2.75) is 6.42 Å². The van der Waals surface area contributed by atoms with E-state index in [1.165, 1.54) is 0 Å².